The molecule has 0 saturated heterocycles. The highest BCUT2D eigenvalue weighted by molar-refractivity contribution is 7.20. The fraction of sp³-hybridized carbons (Fsp3) is 0.0909. The lowest BCUT2D eigenvalue weighted by Gasteiger charge is -2.01. The highest BCUT2D eigenvalue weighted by Gasteiger charge is 2.14. The Morgan fingerprint density at radius 1 is 1.33 bits per heavy atom. The summed E-state index contributed by atoms with van der Waals surface area (Å²) in [6, 6.07) is 6.91. The van der Waals surface area contributed by atoms with E-state index >= 15 is 0 Å². The van der Waals surface area contributed by atoms with Crippen molar-refractivity contribution in [3.8, 4) is 5.06 Å². The van der Waals surface area contributed by atoms with Crippen LogP contribution < -0.4 is 5.43 Å². The van der Waals surface area contributed by atoms with Crippen LogP contribution in [0.5, 0.6) is 5.06 Å². The summed E-state index contributed by atoms with van der Waals surface area (Å²) in [7, 11) is 0. The van der Waals surface area contributed by atoms with Gasteiger partial charge in [-0.15, -0.1) is 0 Å². The van der Waals surface area contributed by atoms with E-state index in [1.807, 2.05) is 0 Å². The van der Waals surface area contributed by atoms with E-state index in [-0.39, 0.29) is 10.6 Å². The highest BCUT2D eigenvalue weighted by Crippen LogP contribution is 2.27. The number of rotatable bonds is 1. The number of aromatic hydroxyl groups is 1. The van der Waals surface area contributed by atoms with Gasteiger partial charge in [0.05, 0.1) is 0 Å². The first kappa shape index (κ1) is 9.86. The van der Waals surface area contributed by atoms with Gasteiger partial charge in [0.25, 0.3) is 0 Å². The largest absolute Gasteiger partial charge is 0.499 e. The van der Waals surface area contributed by atoms with Crippen LogP contribution in [0.15, 0.2) is 29.1 Å². The van der Waals surface area contributed by atoms with Crippen LogP contribution >= 0.6 is 11.3 Å². The highest BCUT2D eigenvalue weighted by atomic mass is 32.1. The van der Waals surface area contributed by atoms with Crippen LogP contribution in [0.1, 0.15) is 17.3 Å². The summed E-state index contributed by atoms with van der Waals surface area (Å²) in [6.45, 7) is 1.28. The summed E-state index contributed by atoms with van der Waals surface area (Å²) in [4.78, 5) is 23.0. The number of Topliss-reactive ketones (excluding diaryl/α,β-unsaturated/α-hetero) is 1. The Bertz CT molecular complexity index is 598. The average Bonchev–Trinajstić information content (AvgIpc) is 2.17. The molecule has 1 aromatic heterocycles. The molecule has 0 amide bonds. The van der Waals surface area contributed by atoms with Crippen LogP contribution in [-0.4, -0.2) is 10.9 Å². The van der Waals surface area contributed by atoms with Crippen molar-refractivity contribution in [1.82, 2.24) is 0 Å². The fourth-order valence-corrected chi connectivity index (χ4v) is 2.40. The molecule has 0 bridgehead atoms. The first-order valence-corrected chi connectivity index (χ1v) is 5.18. The van der Waals surface area contributed by atoms with E-state index in [1.54, 1.807) is 24.3 Å². The van der Waals surface area contributed by atoms with E-state index in [0.717, 1.165) is 11.3 Å². The lowest BCUT2D eigenvalue weighted by Crippen LogP contribution is -2.12. The predicted molar refractivity (Wildman–Crippen MR) is 59.8 cm³/mol. The third-order valence-electron chi connectivity index (χ3n) is 2.13. The first-order valence-electron chi connectivity index (χ1n) is 4.37. The van der Waals surface area contributed by atoms with E-state index in [4.69, 9.17) is 0 Å². The molecule has 3 nitrogen and oxygen atoms in total. The third-order valence-corrected chi connectivity index (χ3v) is 3.10. The zero-order valence-electron chi connectivity index (χ0n) is 7.98. The molecule has 0 radical (unpaired) electrons. The quantitative estimate of drug-likeness (QED) is 0.749. The molecule has 1 aromatic carbocycles. The van der Waals surface area contributed by atoms with Crippen molar-refractivity contribution in [3.05, 3.63) is 40.1 Å². The summed E-state index contributed by atoms with van der Waals surface area (Å²) in [5.74, 6) is -0.403. The van der Waals surface area contributed by atoms with Gasteiger partial charge in [0.2, 0.25) is 5.43 Å². The lowest BCUT2D eigenvalue weighted by molar-refractivity contribution is 0.101. The second-order valence-electron chi connectivity index (χ2n) is 3.16. The van der Waals surface area contributed by atoms with Gasteiger partial charge in [0.15, 0.2) is 10.8 Å². The van der Waals surface area contributed by atoms with Gasteiger partial charge in [-0.1, -0.05) is 23.5 Å². The van der Waals surface area contributed by atoms with Crippen molar-refractivity contribution < 1.29 is 9.90 Å². The minimum absolute atomic E-state index is 0.112. The van der Waals surface area contributed by atoms with Crippen molar-refractivity contribution in [3.63, 3.8) is 0 Å². The lowest BCUT2D eigenvalue weighted by atomic mass is 10.1. The summed E-state index contributed by atoms with van der Waals surface area (Å²) < 4.78 is 0.685. The maximum absolute atomic E-state index is 11.8. The van der Waals surface area contributed by atoms with E-state index in [2.05, 4.69) is 0 Å². The van der Waals surface area contributed by atoms with Crippen LogP contribution in [-0.2, 0) is 0 Å². The molecule has 1 heterocycles. The Hall–Kier alpha value is -1.68. The Morgan fingerprint density at radius 3 is 2.67 bits per heavy atom. The maximum atomic E-state index is 11.8. The number of carbonyl (C=O) groups excluding carboxylic acids is 1. The maximum Gasteiger partial charge on any atom is 0.202 e. The smallest absolute Gasteiger partial charge is 0.202 e. The molecule has 0 aliphatic rings. The van der Waals surface area contributed by atoms with Gasteiger partial charge in [-0.2, -0.15) is 0 Å². The number of hydrogen-bond donors (Lipinski definition) is 1. The van der Waals surface area contributed by atoms with Gasteiger partial charge < -0.3 is 5.11 Å². The van der Waals surface area contributed by atoms with Crippen LogP contribution in [0, 0.1) is 0 Å². The number of carbonyl (C=O) groups is 1. The molecule has 2 aromatic rings. The molecular formula is C11H8O3S. The Kier molecular flexibility index (Phi) is 2.28. The van der Waals surface area contributed by atoms with Crippen molar-refractivity contribution in [1.29, 1.82) is 0 Å². The average molecular weight is 220 g/mol. The number of hydrogen-bond acceptors (Lipinski definition) is 4. The molecule has 4 heteroatoms. The van der Waals surface area contributed by atoms with Gasteiger partial charge in [-0.3, -0.25) is 9.59 Å². The summed E-state index contributed by atoms with van der Waals surface area (Å²) >= 11 is 1.05. The molecular weight excluding hydrogens is 212 g/mol. The zero-order chi connectivity index (χ0) is 11.0. The SMILES string of the molecule is CC(=O)c1c(O)sc2ccccc2c1=O. The second kappa shape index (κ2) is 3.47. The summed E-state index contributed by atoms with van der Waals surface area (Å²) in [5, 5.41) is 9.83. The van der Waals surface area contributed by atoms with Crippen LogP contribution in [0.3, 0.4) is 0 Å². The van der Waals surface area contributed by atoms with Crippen molar-refractivity contribution in [2.45, 2.75) is 6.92 Å². The molecule has 0 saturated carbocycles. The molecule has 0 aliphatic heterocycles. The molecule has 1 N–H and O–H groups in total. The predicted octanol–water partition coefficient (Wildman–Crippen LogP) is 2.17. The minimum atomic E-state index is -0.403. The molecule has 2 rings (SSSR count). The molecule has 0 atom stereocenters. The number of benzene rings is 1. The van der Waals surface area contributed by atoms with Gasteiger partial charge in [-0.25, -0.2) is 0 Å². The van der Waals surface area contributed by atoms with Crippen LogP contribution in [0.2, 0.25) is 0 Å². The van der Waals surface area contributed by atoms with Crippen molar-refractivity contribution >= 4 is 27.2 Å². The first-order chi connectivity index (χ1) is 7.11. The van der Waals surface area contributed by atoms with Gasteiger partial charge in [0.1, 0.15) is 5.56 Å². The number of fused-ring (bicyclic) bond motifs is 1. The second-order valence-corrected chi connectivity index (χ2v) is 4.19. The normalized spacial score (nSPS) is 10.5. The Balaban J connectivity index is 2.97. The Morgan fingerprint density at radius 2 is 2.00 bits per heavy atom. The van der Waals surface area contributed by atoms with E-state index in [0.29, 0.717) is 10.1 Å². The molecule has 0 aliphatic carbocycles. The van der Waals surface area contributed by atoms with E-state index < -0.39 is 11.2 Å². The topological polar surface area (TPSA) is 54.4 Å². The number of ketones is 1. The van der Waals surface area contributed by atoms with Crippen molar-refractivity contribution in [2.24, 2.45) is 0 Å². The standard InChI is InChI=1S/C11H8O3S/c1-6(12)9-10(13)7-4-2-3-5-8(7)15-11(9)14/h2-5,14H,1H3. The van der Waals surface area contributed by atoms with Gasteiger partial charge in [-0.05, 0) is 19.1 Å². The van der Waals surface area contributed by atoms with E-state index in [9.17, 15) is 14.7 Å². The molecule has 76 valence electrons. The van der Waals surface area contributed by atoms with Crippen molar-refractivity contribution in [2.75, 3.05) is 0 Å². The molecule has 15 heavy (non-hydrogen) atoms. The zero-order valence-corrected chi connectivity index (χ0v) is 8.80. The Labute approximate surface area is 89.6 Å². The monoisotopic (exact) mass is 220 g/mol. The molecule has 0 unspecified atom stereocenters. The molecule has 0 fully saturated rings. The fourth-order valence-electron chi connectivity index (χ4n) is 1.44. The van der Waals surface area contributed by atoms with Crippen LogP contribution in [0.4, 0.5) is 0 Å². The van der Waals surface area contributed by atoms with E-state index in [1.165, 1.54) is 6.92 Å². The third kappa shape index (κ3) is 1.53. The van der Waals surface area contributed by atoms with Crippen LogP contribution in [0.25, 0.3) is 10.1 Å². The summed E-state index contributed by atoms with van der Waals surface area (Å²) in [5.41, 5.74) is -0.506. The van der Waals surface area contributed by atoms with Gasteiger partial charge >= 0.3 is 0 Å². The van der Waals surface area contributed by atoms with Gasteiger partial charge in [0, 0.05) is 10.1 Å². The minimum Gasteiger partial charge on any atom is -0.499 e. The molecule has 0 spiro atoms. The summed E-state index contributed by atoms with van der Waals surface area (Å²) in [6.07, 6.45) is 0.